The zero-order valence-corrected chi connectivity index (χ0v) is 19.0. The van der Waals surface area contributed by atoms with E-state index in [1.165, 1.54) is 7.11 Å². The highest BCUT2D eigenvalue weighted by atomic mass is 16.5. The topological polar surface area (TPSA) is 115 Å². The second-order valence-corrected chi connectivity index (χ2v) is 8.53. The molecule has 0 fully saturated rings. The lowest BCUT2D eigenvalue weighted by atomic mass is 9.82. The van der Waals surface area contributed by atoms with Crippen LogP contribution in [0.25, 0.3) is 0 Å². The summed E-state index contributed by atoms with van der Waals surface area (Å²) in [5.74, 6) is -0.964. The van der Waals surface area contributed by atoms with Crippen LogP contribution in [-0.4, -0.2) is 33.0 Å². The molecule has 1 aliphatic rings. The highest BCUT2D eigenvalue weighted by Crippen LogP contribution is 2.55. The van der Waals surface area contributed by atoms with Crippen LogP contribution >= 0.6 is 0 Å². The molecule has 2 atom stereocenters. The van der Waals surface area contributed by atoms with Crippen molar-refractivity contribution < 1.29 is 29.6 Å². The Balaban J connectivity index is 1.71. The zero-order chi connectivity index (χ0) is 24.5. The highest BCUT2D eigenvalue weighted by Gasteiger charge is 2.41. The Morgan fingerprint density at radius 1 is 1.03 bits per heavy atom. The van der Waals surface area contributed by atoms with Crippen molar-refractivity contribution in [1.82, 2.24) is 4.98 Å². The summed E-state index contributed by atoms with van der Waals surface area (Å²) in [4.78, 5) is 15.3. The van der Waals surface area contributed by atoms with Gasteiger partial charge in [-0.15, -0.1) is 0 Å². The van der Waals surface area contributed by atoms with Gasteiger partial charge in [0.1, 0.15) is 24.0 Å². The molecule has 0 radical (unpaired) electrons. The fourth-order valence-corrected chi connectivity index (χ4v) is 4.68. The molecule has 0 aliphatic carbocycles. The number of ether oxygens (including phenoxy) is 2. The first-order chi connectivity index (χ1) is 17.0. The second-order valence-electron chi connectivity index (χ2n) is 8.53. The van der Waals surface area contributed by atoms with Gasteiger partial charge in [-0.3, -0.25) is 4.79 Å². The van der Waals surface area contributed by atoms with E-state index in [2.05, 4.69) is 4.98 Å². The van der Waals surface area contributed by atoms with Crippen LogP contribution in [0.5, 0.6) is 28.7 Å². The molecule has 5 rings (SSSR count). The molecule has 0 spiro atoms. The molecular formula is C28H25NO6. The molecule has 178 valence electrons. The van der Waals surface area contributed by atoms with Gasteiger partial charge in [0.15, 0.2) is 17.1 Å². The Morgan fingerprint density at radius 3 is 2.43 bits per heavy atom. The van der Waals surface area contributed by atoms with Gasteiger partial charge in [0, 0.05) is 11.5 Å². The third-order valence-corrected chi connectivity index (χ3v) is 6.40. The molecule has 7 heteroatoms. The summed E-state index contributed by atoms with van der Waals surface area (Å²) in [5, 5.41) is 31.9. The summed E-state index contributed by atoms with van der Waals surface area (Å²) in [6.45, 7) is 0. The smallest absolute Gasteiger partial charge is 0.335 e. The Labute approximate surface area is 202 Å². The normalized spacial score (nSPS) is 15.8. The molecule has 1 aromatic heterocycles. The molecule has 35 heavy (non-hydrogen) atoms. The maximum atomic E-state index is 11.3. The fourth-order valence-electron chi connectivity index (χ4n) is 4.68. The number of phenolic OH excluding ortho intramolecular Hbond substituents is 3. The van der Waals surface area contributed by atoms with Gasteiger partial charge >= 0.3 is 5.78 Å². The van der Waals surface area contributed by atoms with Crippen LogP contribution in [-0.2, 0) is 6.42 Å². The van der Waals surface area contributed by atoms with Gasteiger partial charge in [-0.2, -0.15) is 12.4 Å². The monoisotopic (exact) mass is 471 g/mol. The van der Waals surface area contributed by atoms with E-state index in [9.17, 15) is 20.1 Å². The molecule has 0 amide bonds. The van der Waals surface area contributed by atoms with Crippen molar-refractivity contribution in [1.29, 1.82) is 0 Å². The first kappa shape index (κ1) is 22.4. The third kappa shape index (κ3) is 4.05. The van der Waals surface area contributed by atoms with Gasteiger partial charge in [0.05, 0.1) is 7.11 Å². The number of aromatic nitrogens is 1. The van der Waals surface area contributed by atoms with Crippen molar-refractivity contribution in [3.05, 3.63) is 101 Å². The Bertz CT molecular complexity index is 1350. The summed E-state index contributed by atoms with van der Waals surface area (Å²) in [6.07, 6.45) is 3.42. The van der Waals surface area contributed by atoms with E-state index in [1.54, 1.807) is 36.7 Å². The van der Waals surface area contributed by atoms with Gasteiger partial charge in [-0.1, -0.05) is 54.1 Å². The Hall–Kier alpha value is -4.39. The first-order valence-corrected chi connectivity index (χ1v) is 11.2. The van der Waals surface area contributed by atoms with Gasteiger partial charge in [0.2, 0.25) is 5.75 Å². The average molecular weight is 472 g/mol. The SMILES string of the molecule is COc1c(O)c2c(c([C@H](Cc3ccccc3)c3cc[n-]c3)c1O)OC(c1ccc(O)cc1)CC2=[OH+]. The molecule has 3 aromatic carbocycles. The van der Waals surface area contributed by atoms with Crippen LogP contribution in [0.3, 0.4) is 0 Å². The standard InChI is InChI=1S/C28H24NO6/c1-34-28-25(32)23(20(18-11-12-29-15-18)13-16-5-3-2-4-6-16)27-24(26(28)33)21(31)14-22(35-27)17-7-9-19(30)10-8-17/h2-12,15,20,22,30H,13-14H2,1H3,(H2,31,32,33)/q-1/p+1/t20-,22?/m1/s1. The molecule has 1 aliphatic heterocycles. The number of ketones is 1. The van der Waals surface area contributed by atoms with E-state index in [0.717, 1.165) is 16.7 Å². The summed E-state index contributed by atoms with van der Waals surface area (Å²) in [6, 6.07) is 18.2. The van der Waals surface area contributed by atoms with Crippen LogP contribution < -0.4 is 14.5 Å². The van der Waals surface area contributed by atoms with E-state index < -0.39 is 12.0 Å². The Morgan fingerprint density at radius 2 is 1.77 bits per heavy atom. The van der Waals surface area contributed by atoms with Crippen LogP contribution in [0.2, 0.25) is 0 Å². The zero-order valence-electron chi connectivity index (χ0n) is 19.0. The van der Waals surface area contributed by atoms with Gasteiger partial charge in [-0.05, 0) is 29.7 Å². The van der Waals surface area contributed by atoms with Crippen LogP contribution in [0.4, 0.5) is 0 Å². The molecule has 2 heterocycles. The van der Waals surface area contributed by atoms with Crippen LogP contribution in [0, 0.1) is 0 Å². The van der Waals surface area contributed by atoms with Gasteiger partial charge in [0.25, 0.3) is 0 Å². The summed E-state index contributed by atoms with van der Waals surface area (Å²) in [5.41, 5.74) is 3.09. The minimum Gasteiger partial charge on any atom is -0.670 e. The summed E-state index contributed by atoms with van der Waals surface area (Å²) >= 11 is 0. The molecule has 7 nitrogen and oxygen atoms in total. The van der Waals surface area contributed by atoms with Crippen molar-refractivity contribution >= 4 is 5.78 Å². The molecule has 0 saturated heterocycles. The van der Waals surface area contributed by atoms with Crippen molar-refractivity contribution in [3.8, 4) is 28.7 Å². The predicted molar refractivity (Wildman–Crippen MR) is 130 cm³/mol. The highest BCUT2D eigenvalue weighted by molar-refractivity contribution is 6.05. The fraction of sp³-hybridized carbons (Fsp3) is 0.179. The number of aromatic hydroxyl groups is 3. The summed E-state index contributed by atoms with van der Waals surface area (Å²) in [7, 11) is 1.35. The number of hydrogen-bond donors (Lipinski definition) is 3. The summed E-state index contributed by atoms with van der Waals surface area (Å²) < 4.78 is 11.7. The number of methoxy groups -OCH3 is 1. The van der Waals surface area contributed by atoms with Crippen LogP contribution in [0.1, 0.15) is 46.3 Å². The number of phenols is 3. The molecule has 4 N–H and O–H groups in total. The molecule has 1 unspecified atom stereocenters. The number of carbonyl (C=O) groups excluding carboxylic acids is 1. The van der Waals surface area contributed by atoms with Gasteiger partial charge < -0.3 is 29.8 Å². The second kappa shape index (κ2) is 9.10. The number of hydrogen-bond acceptors (Lipinski definition) is 5. The van der Waals surface area contributed by atoms with E-state index in [4.69, 9.17) is 9.47 Å². The lowest BCUT2D eigenvalue weighted by Crippen LogP contribution is -2.23. The lowest BCUT2D eigenvalue weighted by Gasteiger charge is -2.30. The van der Waals surface area contributed by atoms with Crippen molar-refractivity contribution in [2.24, 2.45) is 0 Å². The quantitative estimate of drug-likeness (QED) is 0.355. The van der Waals surface area contributed by atoms with Crippen molar-refractivity contribution in [3.63, 3.8) is 0 Å². The largest absolute Gasteiger partial charge is 0.670 e. The maximum absolute atomic E-state index is 11.3. The van der Waals surface area contributed by atoms with Crippen molar-refractivity contribution in [2.45, 2.75) is 24.9 Å². The van der Waals surface area contributed by atoms with Crippen LogP contribution in [0.15, 0.2) is 73.1 Å². The van der Waals surface area contributed by atoms with E-state index in [1.807, 2.05) is 36.4 Å². The average Bonchev–Trinajstić information content (AvgIpc) is 3.39. The Kier molecular flexibility index (Phi) is 5.82. The lowest BCUT2D eigenvalue weighted by molar-refractivity contribution is 0.196. The molecule has 0 bridgehead atoms. The number of nitrogens with zero attached hydrogens (tertiary/aromatic N) is 1. The predicted octanol–water partition coefficient (Wildman–Crippen LogP) is 4.56. The van der Waals surface area contributed by atoms with E-state index >= 15 is 0 Å². The van der Waals surface area contributed by atoms with E-state index in [-0.39, 0.29) is 46.5 Å². The van der Waals surface area contributed by atoms with Crippen molar-refractivity contribution in [2.75, 3.05) is 7.11 Å². The van der Waals surface area contributed by atoms with Gasteiger partial charge in [-0.25, -0.2) is 0 Å². The number of fused-ring (bicyclic) bond motifs is 1. The molecular weight excluding hydrogens is 446 g/mol. The number of benzene rings is 3. The minimum absolute atomic E-state index is 0.0829. The first-order valence-electron chi connectivity index (χ1n) is 11.2. The number of rotatable bonds is 6. The minimum atomic E-state index is -0.593. The third-order valence-electron chi connectivity index (χ3n) is 6.40. The molecule has 4 aromatic rings. The maximum Gasteiger partial charge on any atom is 0.335 e. The van der Waals surface area contributed by atoms with E-state index in [0.29, 0.717) is 12.0 Å². The molecule has 0 saturated carbocycles.